The quantitative estimate of drug-likeness (QED) is 0.631. The lowest BCUT2D eigenvalue weighted by Gasteiger charge is -2.04. The summed E-state index contributed by atoms with van der Waals surface area (Å²) in [6, 6.07) is 0. The van der Waals surface area contributed by atoms with Gasteiger partial charge in [0.05, 0.1) is 5.92 Å². The van der Waals surface area contributed by atoms with Crippen LogP contribution in [-0.2, 0) is 4.79 Å². The van der Waals surface area contributed by atoms with Crippen molar-refractivity contribution in [1.29, 1.82) is 0 Å². The molecule has 2 rings (SSSR count). The summed E-state index contributed by atoms with van der Waals surface area (Å²) in [5.74, 6) is 0.142. The minimum absolute atomic E-state index is 0.0139. The third kappa shape index (κ3) is 0.678. The molecule has 0 aromatic heterocycles. The first-order valence-corrected chi connectivity index (χ1v) is 3.87. The SMILES string of the molecule is C[C@@]1(C2CC2)C[C@H]1C(=O)O. The van der Waals surface area contributed by atoms with Gasteiger partial charge in [0, 0.05) is 0 Å². The van der Waals surface area contributed by atoms with Gasteiger partial charge in [0.25, 0.3) is 0 Å². The van der Waals surface area contributed by atoms with E-state index < -0.39 is 5.97 Å². The van der Waals surface area contributed by atoms with Crippen molar-refractivity contribution < 1.29 is 9.90 Å². The number of aliphatic carboxylic acids is 1. The zero-order valence-corrected chi connectivity index (χ0v) is 6.13. The van der Waals surface area contributed by atoms with Crippen molar-refractivity contribution in [3.05, 3.63) is 0 Å². The summed E-state index contributed by atoms with van der Waals surface area (Å²) in [5.41, 5.74) is 0.200. The average molecular weight is 140 g/mol. The van der Waals surface area contributed by atoms with Gasteiger partial charge in [-0.05, 0) is 30.6 Å². The Labute approximate surface area is 60.2 Å². The lowest BCUT2D eigenvalue weighted by Crippen LogP contribution is -2.08. The zero-order valence-electron chi connectivity index (χ0n) is 6.13. The fraction of sp³-hybridized carbons (Fsp3) is 0.875. The molecule has 0 heterocycles. The summed E-state index contributed by atoms with van der Waals surface area (Å²) >= 11 is 0. The molecule has 0 aromatic rings. The van der Waals surface area contributed by atoms with Gasteiger partial charge in [0.2, 0.25) is 0 Å². The van der Waals surface area contributed by atoms with Crippen LogP contribution in [-0.4, -0.2) is 11.1 Å². The van der Waals surface area contributed by atoms with Crippen LogP contribution in [0, 0.1) is 17.3 Å². The number of carboxylic acid groups (broad SMARTS) is 1. The van der Waals surface area contributed by atoms with E-state index in [1.807, 2.05) is 0 Å². The Bertz CT molecular complexity index is 184. The van der Waals surface area contributed by atoms with Crippen molar-refractivity contribution in [3.63, 3.8) is 0 Å². The third-order valence-corrected chi connectivity index (χ3v) is 3.09. The van der Waals surface area contributed by atoms with Crippen molar-refractivity contribution in [2.75, 3.05) is 0 Å². The van der Waals surface area contributed by atoms with Gasteiger partial charge in [-0.25, -0.2) is 0 Å². The highest BCUT2D eigenvalue weighted by atomic mass is 16.4. The fourth-order valence-corrected chi connectivity index (χ4v) is 1.94. The Kier molecular flexibility index (Phi) is 0.960. The minimum atomic E-state index is -0.589. The Morgan fingerprint density at radius 1 is 1.60 bits per heavy atom. The Balaban J connectivity index is 2.02. The molecular formula is C8H12O2. The van der Waals surface area contributed by atoms with E-state index >= 15 is 0 Å². The topological polar surface area (TPSA) is 37.3 Å². The second-order valence-electron chi connectivity index (χ2n) is 3.88. The maximum Gasteiger partial charge on any atom is 0.307 e. The standard InChI is InChI=1S/C8H12O2/c1-8(5-2-3-5)4-6(8)7(9)10/h5-6H,2-4H2,1H3,(H,9,10)/t6-,8-/m0/s1. The molecule has 2 atom stereocenters. The molecule has 0 amide bonds. The molecule has 10 heavy (non-hydrogen) atoms. The van der Waals surface area contributed by atoms with Crippen LogP contribution in [0.1, 0.15) is 26.2 Å². The van der Waals surface area contributed by atoms with Crippen LogP contribution in [0.4, 0.5) is 0 Å². The van der Waals surface area contributed by atoms with Crippen LogP contribution in [0.5, 0.6) is 0 Å². The number of hydrogen-bond acceptors (Lipinski definition) is 1. The fourth-order valence-electron chi connectivity index (χ4n) is 1.94. The van der Waals surface area contributed by atoms with E-state index in [1.54, 1.807) is 0 Å². The number of carbonyl (C=O) groups is 1. The first-order chi connectivity index (χ1) is 4.64. The van der Waals surface area contributed by atoms with E-state index in [1.165, 1.54) is 12.8 Å². The molecule has 0 spiro atoms. The number of rotatable bonds is 2. The molecule has 1 N–H and O–H groups in total. The third-order valence-electron chi connectivity index (χ3n) is 3.09. The summed E-state index contributed by atoms with van der Waals surface area (Å²) in [6.45, 7) is 2.11. The molecule has 2 aliphatic carbocycles. The molecule has 0 saturated heterocycles. The molecule has 2 nitrogen and oxygen atoms in total. The molecule has 56 valence electrons. The van der Waals surface area contributed by atoms with Gasteiger partial charge < -0.3 is 5.11 Å². The van der Waals surface area contributed by atoms with Gasteiger partial charge in [-0.3, -0.25) is 4.79 Å². The van der Waals surface area contributed by atoms with E-state index in [0.717, 1.165) is 12.3 Å². The van der Waals surface area contributed by atoms with Gasteiger partial charge >= 0.3 is 5.97 Å². The summed E-state index contributed by atoms with van der Waals surface area (Å²) in [5, 5.41) is 8.67. The van der Waals surface area contributed by atoms with Gasteiger partial charge in [-0.1, -0.05) is 6.92 Å². The molecule has 0 radical (unpaired) electrons. The Morgan fingerprint density at radius 3 is 2.50 bits per heavy atom. The van der Waals surface area contributed by atoms with Crippen LogP contribution in [0.2, 0.25) is 0 Å². The minimum Gasteiger partial charge on any atom is -0.481 e. The highest BCUT2D eigenvalue weighted by Gasteiger charge is 2.61. The average Bonchev–Trinajstić information content (AvgIpc) is 2.49. The molecule has 2 heteroatoms. The van der Waals surface area contributed by atoms with Gasteiger partial charge in [0.1, 0.15) is 0 Å². The van der Waals surface area contributed by atoms with E-state index in [0.29, 0.717) is 0 Å². The van der Waals surface area contributed by atoms with Crippen molar-refractivity contribution in [1.82, 2.24) is 0 Å². The van der Waals surface area contributed by atoms with Crippen LogP contribution >= 0.6 is 0 Å². The molecule has 2 saturated carbocycles. The molecule has 0 bridgehead atoms. The second kappa shape index (κ2) is 1.55. The van der Waals surface area contributed by atoms with Crippen LogP contribution < -0.4 is 0 Å². The summed E-state index contributed by atoms with van der Waals surface area (Å²) in [4.78, 5) is 10.5. The molecule has 0 aromatic carbocycles. The maximum absolute atomic E-state index is 10.5. The van der Waals surface area contributed by atoms with Crippen LogP contribution in [0.25, 0.3) is 0 Å². The predicted octanol–water partition coefficient (Wildman–Crippen LogP) is 1.51. The zero-order chi connectivity index (χ0) is 7.35. The van der Waals surface area contributed by atoms with Crippen molar-refractivity contribution in [2.24, 2.45) is 17.3 Å². The Morgan fingerprint density at radius 2 is 2.20 bits per heavy atom. The van der Waals surface area contributed by atoms with E-state index in [9.17, 15) is 4.79 Å². The lowest BCUT2D eigenvalue weighted by molar-refractivity contribution is -0.139. The van der Waals surface area contributed by atoms with E-state index in [-0.39, 0.29) is 11.3 Å². The largest absolute Gasteiger partial charge is 0.481 e. The summed E-state index contributed by atoms with van der Waals surface area (Å²) < 4.78 is 0. The summed E-state index contributed by atoms with van der Waals surface area (Å²) in [6.07, 6.45) is 3.45. The molecule has 2 aliphatic rings. The monoisotopic (exact) mass is 140 g/mol. The van der Waals surface area contributed by atoms with Crippen LogP contribution in [0.15, 0.2) is 0 Å². The van der Waals surface area contributed by atoms with E-state index in [2.05, 4.69) is 6.92 Å². The maximum atomic E-state index is 10.5. The number of carboxylic acids is 1. The van der Waals surface area contributed by atoms with Crippen LogP contribution in [0.3, 0.4) is 0 Å². The Hall–Kier alpha value is -0.530. The van der Waals surface area contributed by atoms with E-state index in [4.69, 9.17) is 5.11 Å². The highest BCUT2D eigenvalue weighted by molar-refractivity contribution is 5.74. The summed E-state index contributed by atoms with van der Waals surface area (Å²) in [7, 11) is 0. The van der Waals surface area contributed by atoms with Crippen molar-refractivity contribution in [2.45, 2.75) is 26.2 Å². The first kappa shape index (κ1) is 6.20. The second-order valence-corrected chi connectivity index (χ2v) is 3.88. The van der Waals surface area contributed by atoms with Gasteiger partial charge in [-0.2, -0.15) is 0 Å². The van der Waals surface area contributed by atoms with Crippen molar-refractivity contribution >= 4 is 5.97 Å². The first-order valence-electron chi connectivity index (χ1n) is 3.87. The van der Waals surface area contributed by atoms with Gasteiger partial charge in [0.15, 0.2) is 0 Å². The number of hydrogen-bond donors (Lipinski definition) is 1. The van der Waals surface area contributed by atoms with Gasteiger partial charge in [-0.15, -0.1) is 0 Å². The molecule has 0 aliphatic heterocycles. The molecular weight excluding hydrogens is 128 g/mol. The predicted molar refractivity (Wildman–Crippen MR) is 36.6 cm³/mol. The normalized spacial score (nSPS) is 45.1. The molecule has 2 fully saturated rings. The smallest absolute Gasteiger partial charge is 0.307 e. The molecule has 0 unspecified atom stereocenters. The van der Waals surface area contributed by atoms with Crippen molar-refractivity contribution in [3.8, 4) is 0 Å². The lowest BCUT2D eigenvalue weighted by atomic mass is 10.0. The highest BCUT2D eigenvalue weighted by Crippen LogP contribution is 2.65.